The SMILES string of the molecule is C[C@@H](O)[C@@H](N)c1ccc(F)c(Cl)c1. The molecule has 13 heavy (non-hydrogen) atoms. The molecular weight excluding hydrogens is 193 g/mol. The fraction of sp³-hybridized carbons (Fsp3) is 0.333. The van der Waals surface area contributed by atoms with Gasteiger partial charge < -0.3 is 10.8 Å². The molecule has 1 rings (SSSR count). The second-order valence-electron chi connectivity index (χ2n) is 2.94. The summed E-state index contributed by atoms with van der Waals surface area (Å²) in [6, 6.07) is 3.64. The summed E-state index contributed by atoms with van der Waals surface area (Å²) in [7, 11) is 0. The van der Waals surface area contributed by atoms with Crippen molar-refractivity contribution in [3.63, 3.8) is 0 Å². The van der Waals surface area contributed by atoms with Crippen LogP contribution in [0.5, 0.6) is 0 Å². The maximum absolute atomic E-state index is 12.7. The Labute approximate surface area is 81.1 Å². The molecule has 3 N–H and O–H groups in total. The van der Waals surface area contributed by atoms with Crippen LogP contribution in [0.15, 0.2) is 18.2 Å². The van der Waals surface area contributed by atoms with Crippen LogP contribution >= 0.6 is 11.6 Å². The first-order valence-electron chi connectivity index (χ1n) is 3.91. The molecule has 0 saturated carbocycles. The van der Waals surface area contributed by atoms with Crippen molar-refractivity contribution in [3.8, 4) is 0 Å². The Balaban J connectivity index is 2.97. The Morgan fingerprint density at radius 3 is 2.62 bits per heavy atom. The van der Waals surface area contributed by atoms with E-state index < -0.39 is 18.0 Å². The van der Waals surface area contributed by atoms with E-state index in [1.54, 1.807) is 6.92 Å². The summed E-state index contributed by atoms with van der Waals surface area (Å²) in [6.07, 6.45) is -0.679. The normalized spacial score (nSPS) is 15.5. The summed E-state index contributed by atoms with van der Waals surface area (Å²) in [4.78, 5) is 0. The highest BCUT2D eigenvalue weighted by atomic mass is 35.5. The van der Waals surface area contributed by atoms with Crippen molar-refractivity contribution in [1.82, 2.24) is 0 Å². The van der Waals surface area contributed by atoms with Gasteiger partial charge in [-0.1, -0.05) is 17.7 Å². The van der Waals surface area contributed by atoms with Crippen LogP contribution in [-0.2, 0) is 0 Å². The van der Waals surface area contributed by atoms with Crippen molar-refractivity contribution in [2.24, 2.45) is 5.73 Å². The van der Waals surface area contributed by atoms with Crippen LogP contribution in [0.3, 0.4) is 0 Å². The summed E-state index contributed by atoms with van der Waals surface area (Å²) in [5.41, 5.74) is 6.25. The van der Waals surface area contributed by atoms with Gasteiger partial charge in [-0.05, 0) is 24.6 Å². The lowest BCUT2D eigenvalue weighted by Crippen LogP contribution is -2.23. The molecule has 0 radical (unpaired) electrons. The second-order valence-corrected chi connectivity index (χ2v) is 3.35. The number of rotatable bonds is 2. The average molecular weight is 204 g/mol. The topological polar surface area (TPSA) is 46.2 Å². The van der Waals surface area contributed by atoms with E-state index in [-0.39, 0.29) is 5.02 Å². The molecule has 4 heteroatoms. The molecule has 0 bridgehead atoms. The van der Waals surface area contributed by atoms with Crippen LogP contribution in [0, 0.1) is 5.82 Å². The van der Waals surface area contributed by atoms with E-state index in [0.29, 0.717) is 5.56 Å². The maximum atomic E-state index is 12.7. The lowest BCUT2D eigenvalue weighted by atomic mass is 10.0. The number of nitrogens with two attached hydrogens (primary N) is 1. The van der Waals surface area contributed by atoms with E-state index in [2.05, 4.69) is 0 Å². The highest BCUT2D eigenvalue weighted by Crippen LogP contribution is 2.21. The third-order valence-electron chi connectivity index (χ3n) is 1.85. The van der Waals surface area contributed by atoms with Gasteiger partial charge >= 0.3 is 0 Å². The quantitative estimate of drug-likeness (QED) is 0.771. The van der Waals surface area contributed by atoms with E-state index in [1.807, 2.05) is 0 Å². The van der Waals surface area contributed by atoms with Gasteiger partial charge in [-0.3, -0.25) is 0 Å². The number of aliphatic hydroxyl groups excluding tert-OH is 1. The maximum Gasteiger partial charge on any atom is 0.141 e. The van der Waals surface area contributed by atoms with E-state index in [9.17, 15) is 9.50 Å². The minimum absolute atomic E-state index is 0.0219. The van der Waals surface area contributed by atoms with Crippen molar-refractivity contribution in [3.05, 3.63) is 34.6 Å². The van der Waals surface area contributed by atoms with E-state index in [0.717, 1.165) is 0 Å². The summed E-state index contributed by atoms with van der Waals surface area (Å²) in [6.45, 7) is 1.57. The largest absolute Gasteiger partial charge is 0.391 e. The van der Waals surface area contributed by atoms with Gasteiger partial charge in [0.1, 0.15) is 5.82 Å². The molecular formula is C9H11ClFNO. The van der Waals surface area contributed by atoms with Crippen molar-refractivity contribution in [2.45, 2.75) is 19.1 Å². The van der Waals surface area contributed by atoms with Crippen LogP contribution in [0.25, 0.3) is 0 Å². The summed E-state index contributed by atoms with van der Waals surface area (Å²) in [5.74, 6) is -0.483. The van der Waals surface area contributed by atoms with E-state index >= 15 is 0 Å². The minimum atomic E-state index is -0.679. The molecule has 0 aromatic heterocycles. The number of hydrogen-bond acceptors (Lipinski definition) is 2. The number of aliphatic hydroxyl groups is 1. The molecule has 2 atom stereocenters. The lowest BCUT2D eigenvalue weighted by molar-refractivity contribution is 0.164. The number of benzene rings is 1. The number of hydrogen-bond donors (Lipinski definition) is 2. The molecule has 0 aliphatic carbocycles. The highest BCUT2D eigenvalue weighted by Gasteiger charge is 2.13. The predicted molar refractivity (Wildman–Crippen MR) is 50.0 cm³/mol. The Morgan fingerprint density at radius 1 is 1.54 bits per heavy atom. The Kier molecular flexibility index (Phi) is 3.25. The molecule has 0 saturated heterocycles. The summed E-state index contributed by atoms with van der Waals surface area (Å²) < 4.78 is 12.7. The first kappa shape index (κ1) is 10.4. The zero-order valence-electron chi connectivity index (χ0n) is 7.17. The van der Waals surface area contributed by atoms with Crippen LogP contribution in [0.1, 0.15) is 18.5 Å². The lowest BCUT2D eigenvalue weighted by Gasteiger charge is -2.15. The molecule has 1 aromatic rings. The van der Waals surface area contributed by atoms with Crippen LogP contribution < -0.4 is 5.73 Å². The molecule has 0 heterocycles. The Bertz CT molecular complexity index is 304. The fourth-order valence-electron chi connectivity index (χ4n) is 0.998. The van der Waals surface area contributed by atoms with Gasteiger partial charge in [0, 0.05) is 0 Å². The molecule has 2 nitrogen and oxygen atoms in total. The Hall–Kier alpha value is -0.640. The van der Waals surface area contributed by atoms with Gasteiger partial charge in [-0.2, -0.15) is 0 Å². The van der Waals surface area contributed by atoms with Crippen molar-refractivity contribution >= 4 is 11.6 Å². The van der Waals surface area contributed by atoms with Crippen molar-refractivity contribution in [1.29, 1.82) is 0 Å². The summed E-state index contributed by atoms with van der Waals surface area (Å²) in [5, 5.41) is 9.19. The molecule has 72 valence electrons. The van der Waals surface area contributed by atoms with E-state index in [1.165, 1.54) is 18.2 Å². The van der Waals surface area contributed by atoms with Gasteiger partial charge in [0.2, 0.25) is 0 Å². The fourth-order valence-corrected chi connectivity index (χ4v) is 1.19. The predicted octanol–water partition coefficient (Wildman–Crippen LogP) is 1.86. The first-order chi connectivity index (χ1) is 6.02. The molecule has 0 fully saturated rings. The van der Waals surface area contributed by atoms with Crippen LogP contribution in [0.2, 0.25) is 5.02 Å². The van der Waals surface area contributed by atoms with Gasteiger partial charge in [-0.15, -0.1) is 0 Å². The Morgan fingerprint density at radius 2 is 2.15 bits per heavy atom. The van der Waals surface area contributed by atoms with Gasteiger partial charge in [0.15, 0.2) is 0 Å². The van der Waals surface area contributed by atoms with E-state index in [4.69, 9.17) is 17.3 Å². The minimum Gasteiger partial charge on any atom is -0.391 e. The average Bonchev–Trinajstić information content (AvgIpc) is 2.08. The van der Waals surface area contributed by atoms with Gasteiger partial charge in [-0.25, -0.2) is 4.39 Å². The first-order valence-corrected chi connectivity index (χ1v) is 4.28. The third kappa shape index (κ3) is 2.40. The summed E-state index contributed by atoms with van der Waals surface area (Å²) >= 11 is 5.55. The molecule has 0 spiro atoms. The van der Waals surface area contributed by atoms with Crippen molar-refractivity contribution < 1.29 is 9.50 Å². The van der Waals surface area contributed by atoms with Gasteiger partial charge in [0.25, 0.3) is 0 Å². The molecule has 0 amide bonds. The monoisotopic (exact) mass is 203 g/mol. The van der Waals surface area contributed by atoms with Gasteiger partial charge in [0.05, 0.1) is 17.2 Å². The molecule has 0 aliphatic heterocycles. The molecule has 0 unspecified atom stereocenters. The van der Waals surface area contributed by atoms with Crippen LogP contribution in [-0.4, -0.2) is 11.2 Å². The molecule has 0 aliphatic rings. The van der Waals surface area contributed by atoms with Crippen LogP contribution in [0.4, 0.5) is 4.39 Å². The van der Waals surface area contributed by atoms with Crippen molar-refractivity contribution in [2.75, 3.05) is 0 Å². The molecule has 1 aromatic carbocycles. The third-order valence-corrected chi connectivity index (χ3v) is 2.14. The standard InChI is InChI=1S/C9H11ClFNO/c1-5(13)9(12)6-2-3-8(11)7(10)4-6/h2-5,9,13H,12H2,1H3/t5-,9-/m1/s1. The zero-order chi connectivity index (χ0) is 10.0. The highest BCUT2D eigenvalue weighted by molar-refractivity contribution is 6.30. The second kappa shape index (κ2) is 4.05. The zero-order valence-corrected chi connectivity index (χ0v) is 7.92. The number of halogens is 2. The smallest absolute Gasteiger partial charge is 0.141 e.